The van der Waals surface area contributed by atoms with Crippen LogP contribution in [0.3, 0.4) is 0 Å². The van der Waals surface area contributed by atoms with E-state index in [2.05, 4.69) is 20.8 Å². The molecule has 0 saturated carbocycles. The van der Waals surface area contributed by atoms with Crippen LogP contribution in [0.25, 0.3) is 6.08 Å². The number of carboxylic acids is 1. The molecule has 0 spiro atoms. The first kappa shape index (κ1) is 13.2. The van der Waals surface area contributed by atoms with Crippen molar-refractivity contribution >= 4 is 17.8 Å². The van der Waals surface area contributed by atoms with Crippen LogP contribution in [0, 0.1) is 0 Å². The van der Waals surface area contributed by atoms with Gasteiger partial charge in [0.05, 0.1) is 0 Å². The Morgan fingerprint density at radius 2 is 1.65 bits per heavy atom. The highest BCUT2D eigenvalue weighted by Crippen LogP contribution is 2.22. The molecular weight excluding hydrogens is 216 g/mol. The Balaban J connectivity index is 2.83. The first-order chi connectivity index (χ1) is 7.80. The van der Waals surface area contributed by atoms with E-state index in [-0.39, 0.29) is 5.41 Å². The first-order valence-corrected chi connectivity index (χ1v) is 5.36. The van der Waals surface area contributed by atoms with Gasteiger partial charge in [-0.3, -0.25) is 4.79 Å². The molecule has 1 N–H and O–H groups in total. The third-order valence-electron chi connectivity index (χ3n) is 2.41. The smallest absolute Gasteiger partial charge is 0.376 e. The fourth-order valence-electron chi connectivity index (χ4n) is 1.34. The number of benzene rings is 1. The van der Waals surface area contributed by atoms with Crippen LogP contribution in [0.5, 0.6) is 0 Å². The Morgan fingerprint density at radius 3 is 2.06 bits per heavy atom. The summed E-state index contributed by atoms with van der Waals surface area (Å²) in [6.07, 6.45) is 2.57. The van der Waals surface area contributed by atoms with Gasteiger partial charge in [0.25, 0.3) is 5.78 Å². The van der Waals surface area contributed by atoms with Crippen LogP contribution < -0.4 is 0 Å². The average Bonchev–Trinajstić information content (AvgIpc) is 2.25. The van der Waals surface area contributed by atoms with Crippen LogP contribution in [0.4, 0.5) is 0 Å². The number of ketones is 1. The van der Waals surface area contributed by atoms with Gasteiger partial charge in [-0.15, -0.1) is 0 Å². The van der Waals surface area contributed by atoms with Gasteiger partial charge in [0.15, 0.2) is 0 Å². The molecule has 0 aliphatic rings. The summed E-state index contributed by atoms with van der Waals surface area (Å²) >= 11 is 0. The van der Waals surface area contributed by atoms with Crippen LogP contribution in [0.15, 0.2) is 30.3 Å². The Hall–Kier alpha value is -1.90. The summed E-state index contributed by atoms with van der Waals surface area (Å²) in [4.78, 5) is 21.2. The molecule has 0 aromatic heterocycles. The third-order valence-corrected chi connectivity index (χ3v) is 2.41. The summed E-state index contributed by atoms with van der Waals surface area (Å²) in [5.74, 6) is -2.35. The Labute approximate surface area is 101 Å². The van der Waals surface area contributed by atoms with Crippen LogP contribution in [0.1, 0.15) is 31.9 Å². The van der Waals surface area contributed by atoms with Crippen LogP contribution >= 0.6 is 0 Å². The number of aliphatic carboxylic acids is 1. The third kappa shape index (κ3) is 3.87. The van der Waals surface area contributed by atoms with Gasteiger partial charge < -0.3 is 5.11 Å². The highest BCUT2D eigenvalue weighted by atomic mass is 16.4. The monoisotopic (exact) mass is 232 g/mol. The van der Waals surface area contributed by atoms with Gasteiger partial charge in [0.2, 0.25) is 0 Å². The summed E-state index contributed by atoms with van der Waals surface area (Å²) in [5, 5.41) is 8.41. The quantitative estimate of drug-likeness (QED) is 0.644. The Morgan fingerprint density at radius 1 is 1.12 bits per heavy atom. The zero-order valence-electron chi connectivity index (χ0n) is 10.2. The van der Waals surface area contributed by atoms with E-state index in [0.717, 1.165) is 11.6 Å². The van der Waals surface area contributed by atoms with Gasteiger partial charge in [0, 0.05) is 0 Å². The van der Waals surface area contributed by atoms with Crippen LogP contribution in [-0.2, 0) is 15.0 Å². The number of carbonyl (C=O) groups excluding carboxylic acids is 1. The van der Waals surface area contributed by atoms with Crippen molar-refractivity contribution in [3.8, 4) is 0 Å². The van der Waals surface area contributed by atoms with E-state index in [4.69, 9.17) is 5.11 Å². The van der Waals surface area contributed by atoms with Gasteiger partial charge in [0.1, 0.15) is 0 Å². The lowest BCUT2D eigenvalue weighted by Crippen LogP contribution is -2.10. The van der Waals surface area contributed by atoms with Gasteiger partial charge >= 0.3 is 5.97 Å². The summed E-state index contributed by atoms with van der Waals surface area (Å²) in [6, 6.07) is 7.69. The van der Waals surface area contributed by atoms with Gasteiger partial charge in [-0.25, -0.2) is 4.79 Å². The van der Waals surface area contributed by atoms with Crippen molar-refractivity contribution in [1.82, 2.24) is 0 Å². The molecule has 3 heteroatoms. The van der Waals surface area contributed by atoms with Crippen molar-refractivity contribution in [3.05, 3.63) is 41.5 Å². The lowest BCUT2D eigenvalue weighted by molar-refractivity contribution is -0.146. The number of carboxylic acid groups (broad SMARTS) is 1. The molecule has 17 heavy (non-hydrogen) atoms. The molecule has 0 aliphatic heterocycles. The van der Waals surface area contributed by atoms with Crippen molar-refractivity contribution in [3.63, 3.8) is 0 Å². The molecule has 0 fully saturated rings. The lowest BCUT2D eigenvalue weighted by Gasteiger charge is -2.18. The summed E-state index contributed by atoms with van der Waals surface area (Å²) < 4.78 is 0. The predicted molar refractivity (Wildman–Crippen MR) is 66.8 cm³/mol. The van der Waals surface area contributed by atoms with Crippen molar-refractivity contribution in [2.24, 2.45) is 0 Å². The van der Waals surface area contributed by atoms with E-state index >= 15 is 0 Å². The summed E-state index contributed by atoms with van der Waals surface area (Å²) in [5.41, 5.74) is 2.09. The molecular formula is C14H16O3. The minimum Gasteiger partial charge on any atom is -0.475 e. The van der Waals surface area contributed by atoms with Gasteiger partial charge in [-0.05, 0) is 22.6 Å². The molecule has 0 saturated heterocycles. The second-order valence-electron chi connectivity index (χ2n) is 4.87. The van der Waals surface area contributed by atoms with E-state index in [1.54, 1.807) is 0 Å². The second kappa shape index (κ2) is 4.95. The van der Waals surface area contributed by atoms with Crippen molar-refractivity contribution < 1.29 is 14.7 Å². The van der Waals surface area contributed by atoms with E-state index < -0.39 is 11.8 Å². The zero-order chi connectivity index (χ0) is 13.1. The topological polar surface area (TPSA) is 54.4 Å². The van der Waals surface area contributed by atoms with Crippen LogP contribution in [0.2, 0.25) is 0 Å². The molecule has 0 aliphatic carbocycles. The second-order valence-corrected chi connectivity index (χ2v) is 4.87. The summed E-state index contributed by atoms with van der Waals surface area (Å²) in [7, 11) is 0. The largest absolute Gasteiger partial charge is 0.475 e. The highest BCUT2D eigenvalue weighted by Gasteiger charge is 2.12. The van der Waals surface area contributed by atoms with E-state index in [9.17, 15) is 9.59 Å². The highest BCUT2D eigenvalue weighted by molar-refractivity contribution is 6.38. The van der Waals surface area contributed by atoms with Crippen molar-refractivity contribution in [2.75, 3.05) is 0 Å². The molecule has 1 aromatic carbocycles. The SMILES string of the molecule is CC(C)(C)c1ccc(/C=C/C(=O)C(=O)O)cc1. The van der Waals surface area contributed by atoms with Gasteiger partial charge in [-0.2, -0.15) is 0 Å². The minimum atomic E-state index is -1.44. The number of rotatable bonds is 3. The molecule has 90 valence electrons. The van der Waals surface area contributed by atoms with Crippen molar-refractivity contribution in [2.45, 2.75) is 26.2 Å². The minimum absolute atomic E-state index is 0.0825. The normalized spacial score (nSPS) is 11.7. The maximum Gasteiger partial charge on any atom is 0.376 e. The number of hydrogen-bond donors (Lipinski definition) is 1. The Bertz CT molecular complexity index is 447. The first-order valence-electron chi connectivity index (χ1n) is 5.36. The summed E-state index contributed by atoms with van der Waals surface area (Å²) in [6.45, 7) is 6.35. The zero-order valence-corrected chi connectivity index (χ0v) is 10.2. The van der Waals surface area contributed by atoms with E-state index in [1.807, 2.05) is 24.3 Å². The van der Waals surface area contributed by atoms with Crippen LogP contribution in [-0.4, -0.2) is 16.9 Å². The van der Waals surface area contributed by atoms with E-state index in [0.29, 0.717) is 0 Å². The molecule has 1 rings (SSSR count). The molecule has 0 radical (unpaired) electrons. The molecule has 1 aromatic rings. The predicted octanol–water partition coefficient (Wildman–Crippen LogP) is 2.65. The number of carbonyl (C=O) groups is 2. The molecule has 3 nitrogen and oxygen atoms in total. The molecule has 0 unspecified atom stereocenters. The van der Waals surface area contributed by atoms with Gasteiger partial charge in [-0.1, -0.05) is 51.1 Å². The average molecular weight is 232 g/mol. The molecule has 0 amide bonds. The maximum atomic E-state index is 10.9. The van der Waals surface area contributed by atoms with Crippen molar-refractivity contribution in [1.29, 1.82) is 0 Å². The molecule has 0 atom stereocenters. The fourth-order valence-corrected chi connectivity index (χ4v) is 1.34. The van der Waals surface area contributed by atoms with E-state index in [1.165, 1.54) is 11.6 Å². The number of hydrogen-bond acceptors (Lipinski definition) is 2. The molecule has 0 bridgehead atoms. The molecule has 0 heterocycles. The lowest BCUT2D eigenvalue weighted by atomic mass is 9.87. The Kier molecular flexibility index (Phi) is 3.84. The standard InChI is InChI=1S/C14H16O3/c1-14(2,3)11-7-4-10(5-8-11)6-9-12(15)13(16)17/h4-9H,1-3H3,(H,16,17)/b9-6+. The maximum absolute atomic E-state index is 10.9. The fraction of sp³-hybridized carbons (Fsp3) is 0.286.